The van der Waals surface area contributed by atoms with Crippen molar-refractivity contribution in [3.8, 4) is 0 Å². The lowest BCUT2D eigenvalue weighted by atomic mass is 10.2. The van der Waals surface area contributed by atoms with Crippen LogP contribution in [0.25, 0.3) is 0 Å². The molecule has 0 radical (unpaired) electrons. The third-order valence-corrected chi connectivity index (χ3v) is 2.14. The SMILES string of the molecule is CC(N)=Nc1cc(I)ccc1C. The van der Waals surface area contributed by atoms with Gasteiger partial charge in [0.15, 0.2) is 0 Å². The highest BCUT2D eigenvalue weighted by Gasteiger charge is 1.96. The Kier molecular flexibility index (Phi) is 3.08. The Hall–Kier alpha value is -0.580. The maximum atomic E-state index is 5.49. The van der Waals surface area contributed by atoms with Gasteiger partial charge in [0.05, 0.1) is 11.5 Å². The van der Waals surface area contributed by atoms with Gasteiger partial charge in [-0.25, -0.2) is 4.99 Å². The maximum Gasteiger partial charge on any atom is 0.0965 e. The van der Waals surface area contributed by atoms with Crippen LogP contribution in [0.15, 0.2) is 23.2 Å². The third-order valence-electron chi connectivity index (χ3n) is 1.47. The van der Waals surface area contributed by atoms with Gasteiger partial charge in [-0.2, -0.15) is 0 Å². The van der Waals surface area contributed by atoms with E-state index in [2.05, 4.69) is 33.6 Å². The summed E-state index contributed by atoms with van der Waals surface area (Å²) in [6.45, 7) is 3.82. The summed E-state index contributed by atoms with van der Waals surface area (Å²) in [7, 11) is 0. The molecule has 0 saturated heterocycles. The van der Waals surface area contributed by atoms with E-state index in [1.807, 2.05) is 19.1 Å². The van der Waals surface area contributed by atoms with Crippen LogP contribution >= 0.6 is 22.6 Å². The number of hydrogen-bond acceptors (Lipinski definition) is 1. The van der Waals surface area contributed by atoms with Crippen LogP contribution in [0.1, 0.15) is 12.5 Å². The van der Waals surface area contributed by atoms with Crippen molar-refractivity contribution in [2.45, 2.75) is 13.8 Å². The highest BCUT2D eigenvalue weighted by Crippen LogP contribution is 2.20. The molecule has 1 rings (SSSR count). The van der Waals surface area contributed by atoms with Crippen LogP contribution in [0, 0.1) is 10.5 Å². The fourth-order valence-electron chi connectivity index (χ4n) is 0.893. The third kappa shape index (κ3) is 2.48. The number of hydrogen-bond donors (Lipinski definition) is 1. The fraction of sp³-hybridized carbons (Fsp3) is 0.222. The molecule has 2 N–H and O–H groups in total. The van der Waals surface area contributed by atoms with Gasteiger partial charge in [-0.3, -0.25) is 0 Å². The average Bonchev–Trinajstić information content (AvgIpc) is 1.96. The lowest BCUT2D eigenvalue weighted by Gasteiger charge is -2.00. The Labute approximate surface area is 86.0 Å². The monoisotopic (exact) mass is 274 g/mol. The normalized spacial score (nSPS) is 11.8. The van der Waals surface area contributed by atoms with Crippen LogP contribution in [0.5, 0.6) is 0 Å². The molecule has 0 saturated carbocycles. The molecule has 0 aliphatic rings. The van der Waals surface area contributed by atoms with Crippen LogP contribution in [-0.4, -0.2) is 5.84 Å². The molecule has 12 heavy (non-hydrogen) atoms. The Morgan fingerprint density at radius 1 is 1.50 bits per heavy atom. The lowest BCUT2D eigenvalue weighted by molar-refractivity contribution is 1.36. The summed E-state index contributed by atoms with van der Waals surface area (Å²) in [6, 6.07) is 6.12. The Balaban J connectivity index is 3.14. The standard InChI is InChI=1S/C9H11IN2/c1-6-3-4-8(10)5-9(6)12-7(2)11/h3-5H,1-2H3,(H2,11,12). The predicted molar refractivity (Wildman–Crippen MR) is 60.9 cm³/mol. The van der Waals surface area contributed by atoms with Gasteiger partial charge >= 0.3 is 0 Å². The summed E-state index contributed by atoms with van der Waals surface area (Å²) in [4.78, 5) is 4.21. The summed E-state index contributed by atoms with van der Waals surface area (Å²) in [5.41, 5.74) is 7.60. The number of halogens is 1. The van der Waals surface area contributed by atoms with Crippen LogP contribution < -0.4 is 5.73 Å². The topological polar surface area (TPSA) is 38.4 Å². The van der Waals surface area contributed by atoms with E-state index >= 15 is 0 Å². The van der Waals surface area contributed by atoms with E-state index in [-0.39, 0.29) is 0 Å². The van der Waals surface area contributed by atoms with Crippen LogP contribution in [-0.2, 0) is 0 Å². The van der Waals surface area contributed by atoms with Gasteiger partial charge in [0, 0.05) is 3.57 Å². The summed E-state index contributed by atoms with van der Waals surface area (Å²) in [5.74, 6) is 0.597. The molecular formula is C9H11IN2. The minimum absolute atomic E-state index is 0.597. The van der Waals surface area contributed by atoms with E-state index in [0.717, 1.165) is 11.3 Å². The lowest BCUT2D eigenvalue weighted by Crippen LogP contribution is -2.04. The van der Waals surface area contributed by atoms with Crippen molar-refractivity contribution in [3.63, 3.8) is 0 Å². The molecule has 0 amide bonds. The second-order valence-corrected chi connectivity index (χ2v) is 3.93. The van der Waals surface area contributed by atoms with E-state index in [9.17, 15) is 0 Å². The fourth-order valence-corrected chi connectivity index (χ4v) is 1.37. The van der Waals surface area contributed by atoms with E-state index in [1.54, 1.807) is 6.92 Å². The van der Waals surface area contributed by atoms with Gasteiger partial charge in [-0.05, 0) is 54.1 Å². The second kappa shape index (κ2) is 3.89. The molecule has 0 fully saturated rings. The van der Waals surface area contributed by atoms with Gasteiger partial charge < -0.3 is 5.73 Å². The molecular weight excluding hydrogens is 263 g/mol. The molecule has 0 heterocycles. The maximum absolute atomic E-state index is 5.49. The van der Waals surface area contributed by atoms with Gasteiger partial charge in [-0.1, -0.05) is 6.07 Å². The van der Waals surface area contributed by atoms with Crippen molar-refractivity contribution in [2.75, 3.05) is 0 Å². The zero-order valence-electron chi connectivity index (χ0n) is 7.13. The number of aryl methyl sites for hydroxylation is 1. The average molecular weight is 274 g/mol. The van der Waals surface area contributed by atoms with Gasteiger partial charge in [0.2, 0.25) is 0 Å². The molecule has 3 heteroatoms. The number of nitrogens with zero attached hydrogens (tertiary/aromatic N) is 1. The van der Waals surface area contributed by atoms with E-state index < -0.39 is 0 Å². The summed E-state index contributed by atoms with van der Waals surface area (Å²) >= 11 is 2.26. The van der Waals surface area contributed by atoms with E-state index in [1.165, 1.54) is 3.57 Å². The number of benzene rings is 1. The van der Waals surface area contributed by atoms with Crippen molar-refractivity contribution in [1.29, 1.82) is 0 Å². The Bertz CT molecular complexity index is 314. The zero-order chi connectivity index (χ0) is 9.14. The predicted octanol–water partition coefficient (Wildman–Crippen LogP) is 2.61. The van der Waals surface area contributed by atoms with Crippen molar-refractivity contribution < 1.29 is 0 Å². The molecule has 0 bridgehead atoms. The quantitative estimate of drug-likeness (QED) is 0.477. The Morgan fingerprint density at radius 2 is 2.17 bits per heavy atom. The highest BCUT2D eigenvalue weighted by molar-refractivity contribution is 14.1. The summed E-state index contributed by atoms with van der Waals surface area (Å²) in [6.07, 6.45) is 0. The first kappa shape index (κ1) is 9.51. The molecule has 1 aromatic carbocycles. The van der Waals surface area contributed by atoms with Gasteiger partial charge in [-0.15, -0.1) is 0 Å². The first-order valence-corrected chi connectivity index (χ1v) is 4.74. The molecule has 0 aliphatic carbocycles. The largest absolute Gasteiger partial charge is 0.387 e. The van der Waals surface area contributed by atoms with Crippen molar-refractivity contribution in [1.82, 2.24) is 0 Å². The minimum Gasteiger partial charge on any atom is -0.387 e. The molecule has 0 aromatic heterocycles. The van der Waals surface area contributed by atoms with E-state index in [0.29, 0.717) is 5.84 Å². The molecule has 1 aromatic rings. The molecule has 0 spiro atoms. The number of rotatable bonds is 1. The summed E-state index contributed by atoms with van der Waals surface area (Å²) < 4.78 is 1.18. The summed E-state index contributed by atoms with van der Waals surface area (Å²) in [5, 5.41) is 0. The number of amidine groups is 1. The second-order valence-electron chi connectivity index (χ2n) is 2.68. The molecule has 2 nitrogen and oxygen atoms in total. The van der Waals surface area contributed by atoms with Crippen LogP contribution in [0.4, 0.5) is 5.69 Å². The van der Waals surface area contributed by atoms with Gasteiger partial charge in [0.1, 0.15) is 0 Å². The molecule has 0 unspecified atom stereocenters. The first-order valence-electron chi connectivity index (χ1n) is 3.66. The van der Waals surface area contributed by atoms with Crippen LogP contribution in [0.3, 0.4) is 0 Å². The Morgan fingerprint density at radius 3 is 2.75 bits per heavy atom. The van der Waals surface area contributed by atoms with E-state index in [4.69, 9.17) is 5.73 Å². The number of nitrogens with two attached hydrogens (primary N) is 1. The molecule has 64 valence electrons. The van der Waals surface area contributed by atoms with Crippen molar-refractivity contribution in [3.05, 3.63) is 27.3 Å². The first-order chi connectivity index (χ1) is 5.59. The molecule has 0 atom stereocenters. The minimum atomic E-state index is 0.597. The smallest absolute Gasteiger partial charge is 0.0965 e. The highest BCUT2D eigenvalue weighted by atomic mass is 127. The number of aliphatic imine (C=N–C) groups is 1. The van der Waals surface area contributed by atoms with Crippen molar-refractivity contribution in [2.24, 2.45) is 10.7 Å². The van der Waals surface area contributed by atoms with Crippen molar-refractivity contribution >= 4 is 34.1 Å². The van der Waals surface area contributed by atoms with Gasteiger partial charge in [0.25, 0.3) is 0 Å². The van der Waals surface area contributed by atoms with Crippen LogP contribution in [0.2, 0.25) is 0 Å². The zero-order valence-corrected chi connectivity index (χ0v) is 9.29. The molecule has 0 aliphatic heterocycles.